The summed E-state index contributed by atoms with van der Waals surface area (Å²) in [6.45, 7) is 1.22. The molecule has 0 spiro atoms. The highest BCUT2D eigenvalue weighted by Crippen LogP contribution is 2.05. The molecule has 11 heavy (non-hydrogen) atoms. The van der Waals surface area contributed by atoms with Gasteiger partial charge in [-0.2, -0.15) is 0 Å². The molecule has 2 heteroatoms. The molecule has 0 radical (unpaired) electrons. The molecule has 1 aliphatic heterocycles. The van der Waals surface area contributed by atoms with E-state index in [0.29, 0.717) is 0 Å². The molecule has 0 saturated heterocycles. The van der Waals surface area contributed by atoms with Crippen LogP contribution >= 0.6 is 0 Å². The van der Waals surface area contributed by atoms with Gasteiger partial charge in [0, 0.05) is 25.0 Å². The first-order valence-corrected chi connectivity index (χ1v) is 3.94. The maximum Gasteiger partial charge on any atom is 0.181 e. The first kappa shape index (κ1) is 8.54. The zero-order valence-corrected chi connectivity index (χ0v) is 7.22. The van der Waals surface area contributed by atoms with E-state index in [1.54, 1.807) is 0 Å². The first-order chi connectivity index (χ1) is 4.97. The number of pyridine rings is 1. The van der Waals surface area contributed by atoms with E-state index in [0.717, 1.165) is 0 Å². The zero-order chi connectivity index (χ0) is 6.81. The summed E-state index contributed by atoms with van der Waals surface area (Å²) in [5, 5.41) is 0. The third-order valence-corrected chi connectivity index (χ3v) is 2.12. The van der Waals surface area contributed by atoms with E-state index in [1.165, 1.54) is 31.5 Å². The van der Waals surface area contributed by atoms with Gasteiger partial charge in [0.05, 0.1) is 0 Å². The summed E-state index contributed by atoms with van der Waals surface area (Å²) >= 11 is 0. The number of halogens is 1. The predicted octanol–water partition coefficient (Wildman–Crippen LogP) is -1.69. The van der Waals surface area contributed by atoms with E-state index in [4.69, 9.17) is 0 Å². The Hall–Kier alpha value is -0.560. The number of nitrogens with zero attached hydrogens (tertiary/aromatic N) is 1. The molecule has 0 aliphatic carbocycles. The van der Waals surface area contributed by atoms with Crippen LogP contribution in [0.2, 0.25) is 0 Å². The second-order valence-electron chi connectivity index (χ2n) is 2.84. The summed E-state index contributed by atoms with van der Waals surface area (Å²) in [7, 11) is 0. The fourth-order valence-corrected chi connectivity index (χ4v) is 1.55. The SMILES string of the molecule is [Cl-].c1cc[n+]2c(c1)CCCC2. The van der Waals surface area contributed by atoms with Crippen LogP contribution in [-0.4, -0.2) is 0 Å². The highest BCUT2D eigenvalue weighted by atomic mass is 35.5. The summed E-state index contributed by atoms with van der Waals surface area (Å²) < 4.78 is 2.35. The average molecular weight is 170 g/mol. The number of aromatic nitrogens is 1. The highest BCUT2D eigenvalue weighted by molar-refractivity contribution is 4.97. The van der Waals surface area contributed by atoms with Gasteiger partial charge in [0.2, 0.25) is 0 Å². The fourth-order valence-electron chi connectivity index (χ4n) is 1.55. The van der Waals surface area contributed by atoms with Crippen molar-refractivity contribution in [3.8, 4) is 0 Å². The minimum Gasteiger partial charge on any atom is -1.00 e. The van der Waals surface area contributed by atoms with E-state index < -0.39 is 0 Å². The molecule has 1 aromatic heterocycles. The molecule has 1 aromatic rings. The minimum atomic E-state index is 0. The van der Waals surface area contributed by atoms with Gasteiger partial charge in [-0.25, -0.2) is 4.57 Å². The Morgan fingerprint density at radius 3 is 2.91 bits per heavy atom. The first-order valence-electron chi connectivity index (χ1n) is 3.94. The smallest absolute Gasteiger partial charge is 0.181 e. The molecule has 0 aromatic carbocycles. The van der Waals surface area contributed by atoms with E-state index in [-0.39, 0.29) is 12.4 Å². The number of fused-ring (bicyclic) bond motifs is 1. The number of hydrogen-bond acceptors (Lipinski definition) is 0. The molecule has 60 valence electrons. The molecule has 0 atom stereocenters. The van der Waals surface area contributed by atoms with Gasteiger partial charge in [0.1, 0.15) is 6.54 Å². The lowest BCUT2D eigenvalue weighted by atomic mass is 10.1. The summed E-state index contributed by atoms with van der Waals surface area (Å²) in [6.07, 6.45) is 6.15. The van der Waals surface area contributed by atoms with Crippen molar-refractivity contribution < 1.29 is 17.0 Å². The normalized spacial score (nSPS) is 14.9. The van der Waals surface area contributed by atoms with Crippen molar-refractivity contribution in [2.45, 2.75) is 25.8 Å². The standard InChI is InChI=1S/C9H12N.ClH/c1-3-7-10-8-4-2-6-9(10)5-1;/h1,3,5,7H,2,4,6,8H2;1H/q+1;/p-1. The quantitative estimate of drug-likeness (QED) is 0.409. The van der Waals surface area contributed by atoms with Gasteiger partial charge in [0.15, 0.2) is 11.9 Å². The molecule has 0 N–H and O–H groups in total. The fraction of sp³-hybridized carbons (Fsp3) is 0.444. The zero-order valence-electron chi connectivity index (χ0n) is 6.46. The van der Waals surface area contributed by atoms with Gasteiger partial charge >= 0.3 is 0 Å². The molecular weight excluding hydrogens is 158 g/mol. The van der Waals surface area contributed by atoms with Gasteiger partial charge in [0.25, 0.3) is 0 Å². The number of aryl methyl sites for hydroxylation is 2. The van der Waals surface area contributed by atoms with Crippen molar-refractivity contribution in [1.29, 1.82) is 0 Å². The minimum absolute atomic E-state index is 0. The number of hydrogen-bond donors (Lipinski definition) is 0. The lowest BCUT2D eigenvalue weighted by molar-refractivity contribution is -0.709. The molecule has 2 heterocycles. The molecule has 1 nitrogen and oxygen atoms in total. The largest absolute Gasteiger partial charge is 1.00 e. The van der Waals surface area contributed by atoms with Crippen LogP contribution in [0.4, 0.5) is 0 Å². The molecule has 2 rings (SSSR count). The van der Waals surface area contributed by atoms with Crippen molar-refractivity contribution >= 4 is 0 Å². The summed E-state index contributed by atoms with van der Waals surface area (Å²) in [5.41, 5.74) is 1.49. The Kier molecular flexibility index (Phi) is 2.89. The Bertz CT molecular complexity index is 210. The van der Waals surface area contributed by atoms with Gasteiger partial charge in [-0.15, -0.1) is 0 Å². The highest BCUT2D eigenvalue weighted by Gasteiger charge is 2.13. The van der Waals surface area contributed by atoms with Crippen LogP contribution in [0.5, 0.6) is 0 Å². The Morgan fingerprint density at radius 1 is 1.18 bits per heavy atom. The van der Waals surface area contributed by atoms with Crippen LogP contribution in [0.3, 0.4) is 0 Å². The van der Waals surface area contributed by atoms with Crippen LogP contribution < -0.4 is 17.0 Å². The van der Waals surface area contributed by atoms with E-state index in [9.17, 15) is 0 Å². The summed E-state index contributed by atoms with van der Waals surface area (Å²) in [6, 6.07) is 6.45. The van der Waals surface area contributed by atoms with Crippen LogP contribution in [0.1, 0.15) is 18.5 Å². The Morgan fingerprint density at radius 2 is 2.09 bits per heavy atom. The number of rotatable bonds is 0. The summed E-state index contributed by atoms with van der Waals surface area (Å²) in [4.78, 5) is 0. The topological polar surface area (TPSA) is 3.88 Å². The third-order valence-electron chi connectivity index (χ3n) is 2.12. The Balaban J connectivity index is 0.000000605. The summed E-state index contributed by atoms with van der Waals surface area (Å²) in [5.74, 6) is 0. The lowest BCUT2D eigenvalue weighted by Gasteiger charge is -2.07. The van der Waals surface area contributed by atoms with Gasteiger partial charge in [-0.05, 0) is 6.42 Å². The van der Waals surface area contributed by atoms with E-state index in [2.05, 4.69) is 29.0 Å². The second kappa shape index (κ2) is 3.72. The van der Waals surface area contributed by atoms with Crippen molar-refractivity contribution in [1.82, 2.24) is 0 Å². The monoisotopic (exact) mass is 169 g/mol. The van der Waals surface area contributed by atoms with Crippen molar-refractivity contribution in [2.75, 3.05) is 0 Å². The van der Waals surface area contributed by atoms with E-state index in [1.807, 2.05) is 0 Å². The van der Waals surface area contributed by atoms with Crippen LogP contribution in [0.25, 0.3) is 0 Å². The molecule has 1 aliphatic rings. The lowest BCUT2D eigenvalue weighted by Crippen LogP contribution is -3.00. The van der Waals surface area contributed by atoms with Gasteiger partial charge in [-0.1, -0.05) is 6.07 Å². The van der Waals surface area contributed by atoms with Crippen LogP contribution in [-0.2, 0) is 13.0 Å². The van der Waals surface area contributed by atoms with E-state index >= 15 is 0 Å². The average Bonchev–Trinajstić information content (AvgIpc) is 2.05. The van der Waals surface area contributed by atoms with Crippen molar-refractivity contribution in [3.05, 3.63) is 30.1 Å². The molecule has 0 fully saturated rings. The molecule has 0 unspecified atom stereocenters. The van der Waals surface area contributed by atoms with Crippen molar-refractivity contribution in [3.63, 3.8) is 0 Å². The van der Waals surface area contributed by atoms with Gasteiger partial charge < -0.3 is 12.4 Å². The molecular formula is C9H12ClN. The maximum absolute atomic E-state index is 2.35. The second-order valence-corrected chi connectivity index (χ2v) is 2.84. The van der Waals surface area contributed by atoms with Gasteiger partial charge in [-0.3, -0.25) is 0 Å². The van der Waals surface area contributed by atoms with Crippen molar-refractivity contribution in [2.24, 2.45) is 0 Å². The molecule has 0 amide bonds. The third kappa shape index (κ3) is 1.72. The molecule has 0 saturated carbocycles. The maximum atomic E-state index is 2.35. The van der Waals surface area contributed by atoms with Crippen LogP contribution in [0, 0.1) is 0 Å². The predicted molar refractivity (Wildman–Crippen MR) is 39.6 cm³/mol. The molecule has 0 bridgehead atoms. The van der Waals surface area contributed by atoms with Crippen LogP contribution in [0.15, 0.2) is 24.4 Å². The Labute approximate surface area is 73.5 Å².